The molecule has 0 N–H and O–H groups in total. The summed E-state index contributed by atoms with van der Waals surface area (Å²) >= 11 is 0. The summed E-state index contributed by atoms with van der Waals surface area (Å²) in [6.45, 7) is 0. The minimum absolute atomic E-state index is 0.308. The molecule has 0 aliphatic heterocycles. The fourth-order valence-corrected chi connectivity index (χ4v) is 2.92. The van der Waals surface area contributed by atoms with Crippen molar-refractivity contribution < 1.29 is 8.81 Å². The monoisotopic (exact) mass is 357 g/mol. The van der Waals surface area contributed by atoms with Gasteiger partial charge >= 0.3 is 0 Å². The van der Waals surface area contributed by atoms with Crippen molar-refractivity contribution in [3.8, 4) is 34.3 Å². The Kier molecular flexibility index (Phi) is 3.50. The molecule has 6 nitrogen and oxygen atoms in total. The number of nitrogens with zero attached hydrogens (tertiary/aromatic N) is 5. The average Bonchev–Trinajstić information content (AvgIpc) is 3.34. The number of rotatable bonds is 3. The molecule has 0 saturated carbocycles. The summed E-state index contributed by atoms with van der Waals surface area (Å²) in [6.07, 6.45) is 3.53. The van der Waals surface area contributed by atoms with Crippen LogP contribution in [-0.4, -0.2) is 24.6 Å². The molecule has 2 aromatic carbocycles. The lowest BCUT2D eigenvalue weighted by molar-refractivity contribution is 0.581. The highest BCUT2D eigenvalue weighted by Gasteiger charge is 2.21. The summed E-state index contributed by atoms with van der Waals surface area (Å²) < 4.78 is 20.9. The Bertz CT molecular complexity index is 1230. The highest BCUT2D eigenvalue weighted by molar-refractivity contribution is 5.78. The van der Waals surface area contributed by atoms with E-state index in [-0.39, 0.29) is 5.82 Å². The van der Waals surface area contributed by atoms with E-state index in [9.17, 15) is 4.39 Å². The first-order valence-corrected chi connectivity index (χ1v) is 8.28. The van der Waals surface area contributed by atoms with Crippen molar-refractivity contribution in [2.24, 2.45) is 0 Å². The van der Waals surface area contributed by atoms with Gasteiger partial charge in [0.2, 0.25) is 11.7 Å². The Labute approximate surface area is 153 Å². The van der Waals surface area contributed by atoms with Crippen molar-refractivity contribution in [3.05, 3.63) is 78.9 Å². The van der Waals surface area contributed by atoms with Crippen LogP contribution in [0.3, 0.4) is 0 Å². The van der Waals surface area contributed by atoms with Gasteiger partial charge in [-0.2, -0.15) is 0 Å². The van der Waals surface area contributed by atoms with Gasteiger partial charge in [-0.25, -0.2) is 14.4 Å². The van der Waals surface area contributed by atoms with Gasteiger partial charge in [-0.1, -0.05) is 30.3 Å². The van der Waals surface area contributed by atoms with E-state index in [1.165, 1.54) is 12.1 Å². The lowest BCUT2D eigenvalue weighted by atomic mass is 10.1. The van der Waals surface area contributed by atoms with Crippen LogP contribution < -0.4 is 0 Å². The number of halogens is 1. The van der Waals surface area contributed by atoms with Crippen LogP contribution in [0.5, 0.6) is 0 Å². The van der Waals surface area contributed by atoms with E-state index in [1.54, 1.807) is 18.3 Å². The van der Waals surface area contributed by atoms with Crippen LogP contribution in [-0.2, 0) is 0 Å². The maximum absolute atomic E-state index is 13.2. The van der Waals surface area contributed by atoms with E-state index in [0.717, 1.165) is 5.56 Å². The van der Waals surface area contributed by atoms with E-state index in [1.807, 2.05) is 47.0 Å². The maximum Gasteiger partial charge on any atom is 0.267 e. The van der Waals surface area contributed by atoms with Crippen LogP contribution >= 0.6 is 0 Å². The predicted molar refractivity (Wildman–Crippen MR) is 97.1 cm³/mol. The molecule has 0 aliphatic rings. The Morgan fingerprint density at radius 3 is 2.41 bits per heavy atom. The predicted octanol–water partition coefficient (Wildman–Crippen LogP) is 4.25. The summed E-state index contributed by atoms with van der Waals surface area (Å²) in [6, 6.07) is 17.5. The molecule has 0 atom stereocenters. The summed E-state index contributed by atoms with van der Waals surface area (Å²) in [5.41, 5.74) is 2.91. The lowest BCUT2D eigenvalue weighted by Crippen LogP contribution is -1.90. The number of imidazole rings is 1. The van der Waals surface area contributed by atoms with Crippen molar-refractivity contribution in [2.75, 3.05) is 0 Å². The third kappa shape index (κ3) is 2.65. The fourth-order valence-electron chi connectivity index (χ4n) is 2.92. The first-order chi connectivity index (χ1) is 13.3. The van der Waals surface area contributed by atoms with Gasteiger partial charge in [-0.05, 0) is 30.3 Å². The molecule has 5 aromatic rings. The highest BCUT2D eigenvalue weighted by atomic mass is 19.1. The second kappa shape index (κ2) is 6.14. The van der Waals surface area contributed by atoms with Gasteiger partial charge in [0, 0.05) is 23.5 Å². The zero-order valence-electron chi connectivity index (χ0n) is 14.0. The van der Waals surface area contributed by atoms with Crippen LogP contribution in [0.2, 0.25) is 0 Å². The maximum atomic E-state index is 13.2. The van der Waals surface area contributed by atoms with Crippen LogP contribution in [0.15, 0.2) is 77.5 Å². The Morgan fingerprint density at radius 2 is 1.59 bits per heavy atom. The third-order valence-electron chi connectivity index (χ3n) is 4.17. The number of benzene rings is 2. The van der Waals surface area contributed by atoms with Gasteiger partial charge in [0.25, 0.3) is 5.89 Å². The summed E-state index contributed by atoms with van der Waals surface area (Å²) in [4.78, 5) is 8.94. The molecule has 0 spiro atoms. The molecule has 27 heavy (non-hydrogen) atoms. The van der Waals surface area contributed by atoms with E-state index >= 15 is 0 Å². The van der Waals surface area contributed by atoms with Gasteiger partial charge in [-0.3, -0.25) is 4.40 Å². The quantitative estimate of drug-likeness (QED) is 0.483. The Balaban J connectivity index is 1.70. The molecule has 0 bridgehead atoms. The number of hydrogen-bond donors (Lipinski definition) is 0. The van der Waals surface area contributed by atoms with Gasteiger partial charge in [0.1, 0.15) is 17.2 Å². The van der Waals surface area contributed by atoms with Crippen LogP contribution in [0.25, 0.3) is 40.1 Å². The van der Waals surface area contributed by atoms with E-state index < -0.39 is 0 Å². The zero-order valence-corrected chi connectivity index (χ0v) is 14.0. The standard InChI is InChI=1S/C20H12FN5O/c21-15-9-7-14(8-10-15)18-24-25-19(27-18)17-16(13-5-2-1-3-6-13)23-20-22-11-4-12-26(17)20/h1-12H. The molecule has 0 saturated heterocycles. The number of hydrogen-bond acceptors (Lipinski definition) is 5. The first kappa shape index (κ1) is 15.4. The largest absolute Gasteiger partial charge is 0.415 e. The molecule has 0 fully saturated rings. The molecule has 0 amide bonds. The molecule has 5 rings (SSSR count). The summed E-state index contributed by atoms with van der Waals surface area (Å²) in [5.74, 6) is 0.835. The Hall–Kier alpha value is -3.87. The third-order valence-corrected chi connectivity index (χ3v) is 4.17. The van der Waals surface area contributed by atoms with Crippen LogP contribution in [0.1, 0.15) is 0 Å². The van der Waals surface area contributed by atoms with Crippen LogP contribution in [0, 0.1) is 5.82 Å². The SMILES string of the molecule is Fc1ccc(-c2nnc(-c3c(-c4ccccc4)nc4ncccn34)o2)cc1. The van der Waals surface area contributed by atoms with Gasteiger partial charge < -0.3 is 4.42 Å². The molecule has 0 radical (unpaired) electrons. The van der Waals surface area contributed by atoms with E-state index in [0.29, 0.717) is 34.5 Å². The van der Waals surface area contributed by atoms with Crippen molar-refractivity contribution in [2.45, 2.75) is 0 Å². The molecule has 7 heteroatoms. The molecule has 3 aromatic heterocycles. The molecule has 3 heterocycles. The number of aromatic nitrogens is 5. The van der Waals surface area contributed by atoms with Gasteiger partial charge in [-0.15, -0.1) is 10.2 Å². The highest BCUT2D eigenvalue weighted by Crippen LogP contribution is 2.32. The minimum atomic E-state index is -0.322. The molecule has 0 aliphatic carbocycles. The van der Waals surface area contributed by atoms with Crippen molar-refractivity contribution in [3.63, 3.8) is 0 Å². The lowest BCUT2D eigenvalue weighted by Gasteiger charge is -2.00. The first-order valence-electron chi connectivity index (χ1n) is 8.28. The van der Waals surface area contributed by atoms with Crippen molar-refractivity contribution in [1.29, 1.82) is 0 Å². The molecule has 0 unspecified atom stereocenters. The van der Waals surface area contributed by atoms with Crippen molar-refractivity contribution in [1.82, 2.24) is 24.6 Å². The van der Waals surface area contributed by atoms with Gasteiger partial charge in [0.05, 0.1) is 0 Å². The topological polar surface area (TPSA) is 69.1 Å². The average molecular weight is 357 g/mol. The van der Waals surface area contributed by atoms with Crippen molar-refractivity contribution >= 4 is 5.78 Å². The second-order valence-corrected chi connectivity index (χ2v) is 5.88. The van der Waals surface area contributed by atoms with Crippen LogP contribution in [0.4, 0.5) is 4.39 Å². The minimum Gasteiger partial charge on any atom is -0.415 e. The molecule has 130 valence electrons. The second-order valence-electron chi connectivity index (χ2n) is 5.88. The summed E-state index contributed by atoms with van der Waals surface area (Å²) in [5, 5.41) is 8.31. The summed E-state index contributed by atoms with van der Waals surface area (Å²) in [7, 11) is 0. The van der Waals surface area contributed by atoms with E-state index in [2.05, 4.69) is 20.2 Å². The molecular weight excluding hydrogens is 345 g/mol. The smallest absolute Gasteiger partial charge is 0.267 e. The Morgan fingerprint density at radius 1 is 0.815 bits per heavy atom. The normalized spacial score (nSPS) is 11.1. The number of fused-ring (bicyclic) bond motifs is 1. The fraction of sp³-hybridized carbons (Fsp3) is 0. The molecular formula is C20H12FN5O. The zero-order chi connectivity index (χ0) is 18.2. The van der Waals surface area contributed by atoms with Gasteiger partial charge in [0.15, 0.2) is 0 Å². The van der Waals surface area contributed by atoms with E-state index in [4.69, 9.17) is 4.42 Å².